The highest BCUT2D eigenvalue weighted by molar-refractivity contribution is 7.19. The molecule has 0 fully saturated rings. The summed E-state index contributed by atoms with van der Waals surface area (Å²) in [6, 6.07) is 84.1. The minimum atomic E-state index is 0.109. The highest BCUT2D eigenvalue weighted by Crippen LogP contribution is 2.37. The van der Waals surface area contributed by atoms with Gasteiger partial charge in [0.25, 0.3) is 0 Å². The second kappa shape index (κ2) is 45.6. The normalized spacial score (nSPS) is 10.7. The van der Waals surface area contributed by atoms with Gasteiger partial charge in [0.1, 0.15) is 16.5 Å². The van der Waals surface area contributed by atoms with Gasteiger partial charge in [0.05, 0.1) is 10.7 Å². The number of nitrogens with two attached hydrogens (primary N) is 15. The smallest absolute Gasteiger partial charge is 0.185 e. The van der Waals surface area contributed by atoms with Gasteiger partial charge in [0.2, 0.25) is 0 Å². The van der Waals surface area contributed by atoms with Crippen LogP contribution in [0.3, 0.4) is 0 Å². The van der Waals surface area contributed by atoms with Gasteiger partial charge in [-0.3, -0.25) is 39.9 Å². The van der Waals surface area contributed by atoms with Crippen LogP contribution in [0.15, 0.2) is 293 Å². The zero-order valence-electron chi connectivity index (χ0n) is 65.9. The Morgan fingerprint density at radius 2 is 0.487 bits per heavy atom. The number of hydrogen-bond acceptors (Lipinski definition) is 12. The van der Waals surface area contributed by atoms with E-state index in [0.717, 1.165) is 106 Å². The van der Waals surface area contributed by atoms with Crippen LogP contribution >= 0.6 is 22.7 Å². The van der Waals surface area contributed by atoms with Crippen molar-refractivity contribution in [3.05, 3.63) is 293 Å². The number of thiazole rings is 1. The van der Waals surface area contributed by atoms with Gasteiger partial charge in [-0.25, -0.2) is 4.98 Å². The molecule has 117 heavy (non-hydrogen) atoms. The Hall–Kier alpha value is -14.1. The average Bonchev–Trinajstić information content (AvgIpc) is 1.82. The quantitative estimate of drug-likeness (QED) is 0.0138. The minimum Gasteiger partial charge on any atom is -0.456 e. The summed E-state index contributed by atoms with van der Waals surface area (Å²) in [6.07, 6.45) is 8.31. The summed E-state index contributed by atoms with van der Waals surface area (Å²) in [4.78, 5) is 40.8. The van der Waals surface area contributed by atoms with Crippen molar-refractivity contribution in [2.45, 2.75) is 58.3 Å². The van der Waals surface area contributed by atoms with Crippen LogP contribution in [0.1, 0.15) is 51.4 Å². The van der Waals surface area contributed by atoms with Gasteiger partial charge in [-0.05, 0) is 184 Å². The molecule has 30 N–H and O–H groups in total. The van der Waals surface area contributed by atoms with Crippen molar-refractivity contribution in [1.29, 1.82) is 0 Å². The number of hydrogen-bond donors (Lipinski definition) is 15. The second-order valence-electron chi connectivity index (χ2n) is 27.2. The molecule has 0 radical (unpaired) electrons. The van der Waals surface area contributed by atoms with Crippen LogP contribution in [0, 0.1) is 0 Å². The molecule has 9 aromatic carbocycles. The molecule has 0 unspecified atom stereocenters. The van der Waals surface area contributed by atoms with E-state index in [2.05, 4.69) is 239 Å². The van der Waals surface area contributed by atoms with Crippen LogP contribution in [0.25, 0.3) is 86.8 Å². The minimum absolute atomic E-state index is 0.109. The summed E-state index contributed by atoms with van der Waals surface area (Å²) in [5.41, 5.74) is 102. The van der Waals surface area contributed by atoms with Crippen LogP contribution in [0.4, 0.5) is 0 Å². The summed E-state index contributed by atoms with van der Waals surface area (Å²) in [5, 5.41) is 0.981. The Morgan fingerprint density at radius 1 is 0.248 bits per heavy atom. The van der Waals surface area contributed by atoms with E-state index in [1.165, 1.54) is 76.5 Å². The van der Waals surface area contributed by atoms with Crippen molar-refractivity contribution < 1.29 is 4.42 Å². The maximum Gasteiger partial charge on any atom is 0.185 e. The van der Waals surface area contributed by atoms with Crippen molar-refractivity contribution in [2.24, 2.45) is 126 Å². The predicted octanol–water partition coefficient (Wildman–Crippen LogP) is 10.8. The SMILES string of the molecule is CC(N)=NCCc1cccc(-c2ccc(-c3cccc(CCN=C(N)N)c3)cc2)c1.NC(N)=NCCc1cccc(-c2ccc(-c3cccc(CCN=C(N)N)c3)o2)c1.NC(N)=NCCc1cccc(-c2ccc(-c3cccc(CCN=C(N)N)c3)s2)c1.NC(N)=NCCc1cccc(-c2cnc(-c3cccc(CCN=C(N)N)c3)s2)c1. The maximum absolute atomic E-state index is 6.12. The van der Waals surface area contributed by atoms with E-state index < -0.39 is 0 Å². The molecule has 3 aromatic heterocycles. The van der Waals surface area contributed by atoms with Crippen LogP contribution in [-0.2, 0) is 51.4 Å². The van der Waals surface area contributed by atoms with E-state index in [4.69, 9.17) is 90.4 Å². The first-order chi connectivity index (χ1) is 56.5. The molecule has 0 saturated heterocycles. The third-order valence-electron chi connectivity index (χ3n) is 18.0. The number of guanidine groups is 7. The fraction of sp³-hybridized carbons (Fsp3) is 0.189. The lowest BCUT2D eigenvalue weighted by Gasteiger charge is -2.08. The number of nitrogens with zero attached hydrogens (tertiary/aromatic N) is 9. The van der Waals surface area contributed by atoms with E-state index in [0.29, 0.717) is 58.2 Å². The third-order valence-corrected chi connectivity index (χ3v) is 20.3. The molecule has 0 saturated carbocycles. The van der Waals surface area contributed by atoms with Gasteiger partial charge in [-0.2, -0.15) is 0 Å². The molecule has 0 aliphatic heterocycles. The van der Waals surface area contributed by atoms with Gasteiger partial charge in [0, 0.05) is 85.0 Å². The topological polar surface area (TPSA) is 515 Å². The van der Waals surface area contributed by atoms with Gasteiger partial charge in [-0.15, -0.1) is 22.7 Å². The number of benzene rings is 9. The molecule has 604 valence electrons. The molecule has 0 amide bonds. The average molecular weight is 1600 g/mol. The van der Waals surface area contributed by atoms with Gasteiger partial charge in [-0.1, -0.05) is 200 Å². The molecule has 0 atom stereocenters. The molecular weight excluding hydrogens is 1500 g/mol. The lowest BCUT2D eigenvalue weighted by atomic mass is 9.97. The van der Waals surface area contributed by atoms with Crippen molar-refractivity contribution in [3.63, 3.8) is 0 Å². The van der Waals surface area contributed by atoms with Gasteiger partial charge in [0.15, 0.2) is 41.7 Å². The first kappa shape index (κ1) is 86.9. The number of rotatable bonds is 32. The summed E-state index contributed by atoms with van der Waals surface area (Å²) >= 11 is 3.45. The Labute approximate surface area is 692 Å². The predicted molar refractivity (Wildman–Crippen MR) is 492 cm³/mol. The molecule has 0 spiro atoms. The van der Waals surface area contributed by atoms with E-state index in [1.54, 1.807) is 22.7 Å². The van der Waals surface area contributed by atoms with Gasteiger partial charge < -0.3 is 90.4 Å². The van der Waals surface area contributed by atoms with Gasteiger partial charge >= 0.3 is 0 Å². The number of aromatic nitrogens is 1. The van der Waals surface area contributed by atoms with E-state index >= 15 is 0 Å². The molecule has 0 bridgehead atoms. The monoisotopic (exact) mass is 1600 g/mol. The maximum atomic E-state index is 6.12. The van der Waals surface area contributed by atoms with Crippen LogP contribution in [0.2, 0.25) is 0 Å². The summed E-state index contributed by atoms with van der Waals surface area (Å²) in [6.45, 7) is 6.57. The molecule has 25 nitrogen and oxygen atoms in total. The lowest BCUT2D eigenvalue weighted by molar-refractivity contribution is 0.597. The molecule has 0 aliphatic carbocycles. The molecule has 12 rings (SSSR count). The number of thiophene rings is 1. The highest BCUT2D eigenvalue weighted by Gasteiger charge is 2.13. The molecule has 0 aliphatic rings. The van der Waals surface area contributed by atoms with Crippen molar-refractivity contribution in [1.82, 2.24) is 4.98 Å². The number of aliphatic imine (C=N–C) groups is 8. The summed E-state index contributed by atoms with van der Waals surface area (Å²) < 4.78 is 6.12. The fourth-order valence-corrected chi connectivity index (χ4v) is 14.2. The zero-order valence-corrected chi connectivity index (χ0v) is 67.5. The fourth-order valence-electron chi connectivity index (χ4n) is 12.3. The van der Waals surface area contributed by atoms with Crippen molar-refractivity contribution >= 4 is 70.2 Å². The Morgan fingerprint density at radius 3 is 0.778 bits per heavy atom. The van der Waals surface area contributed by atoms with Crippen LogP contribution < -0.4 is 86.0 Å². The summed E-state index contributed by atoms with van der Waals surface area (Å²) in [7, 11) is 0. The van der Waals surface area contributed by atoms with Crippen molar-refractivity contribution in [3.8, 4) is 86.8 Å². The Kier molecular flexibility index (Phi) is 33.9. The molecular formula is C90H106N24OS2. The first-order valence-corrected chi connectivity index (χ1v) is 39.8. The molecule has 12 aromatic rings. The number of amidine groups is 1. The molecule has 3 heterocycles. The largest absolute Gasteiger partial charge is 0.456 e. The third kappa shape index (κ3) is 30.4. The Bertz CT molecular complexity index is 4690. The Balaban J connectivity index is 0.000000178. The standard InChI is InChI=1S/C25H29N5.C22H26N6O.C22H26N6S.C21H25N7S/c1-18(26)29-14-12-19-4-2-6-23(16-19)21-8-10-22(11-9-21)24-7-3-5-20(17-24)13-15-30-25(27)28;2*23-21(24)27-11-9-15-3-1-5-17(13-15)19-7-8-20(29-19)18-6-2-4-16(14-18)10-12-28-22(25)26;22-20(23)26-9-7-14-3-1-5-16(11-14)18-13-28-19(29-18)17-6-2-4-15(12-17)8-10-27-21(24)25/h2-11,16-17H,12-15H2,1H3,(H2,26,29)(H4,27,28,30);2*1-8,13-14H,9-12H2,(H4,23,24,27)(H4,25,26,28);1-6,11-13H,7-10H2,(H4,22,23,26)(H4,24,25,27). The first-order valence-electron chi connectivity index (χ1n) is 38.2. The number of furan rings is 1. The summed E-state index contributed by atoms with van der Waals surface area (Å²) in [5.74, 6) is 3.10. The van der Waals surface area contributed by atoms with E-state index in [-0.39, 0.29) is 41.7 Å². The van der Waals surface area contributed by atoms with Crippen molar-refractivity contribution in [2.75, 3.05) is 52.4 Å². The molecule has 27 heteroatoms. The van der Waals surface area contributed by atoms with Crippen LogP contribution in [0.5, 0.6) is 0 Å². The van der Waals surface area contributed by atoms with Crippen LogP contribution in [-0.4, -0.2) is 105 Å². The van der Waals surface area contributed by atoms with E-state index in [1.807, 2.05) is 61.7 Å². The zero-order chi connectivity index (χ0) is 83.3. The second-order valence-corrected chi connectivity index (χ2v) is 29.3. The lowest BCUT2D eigenvalue weighted by Crippen LogP contribution is -2.23. The highest BCUT2D eigenvalue weighted by atomic mass is 32.1. The van der Waals surface area contributed by atoms with E-state index in [9.17, 15) is 0 Å².